The molecule has 0 aliphatic carbocycles. The standard InChI is InChI=1S/C14H18N2O2S2/c1-10-16-12(9-20-10)6-14(18)15-7-11(8-17)5-13-3-2-4-19-13/h2-4,9,11,17H,5-8H2,1H3,(H,15,18)/t11-/m0/s1. The topological polar surface area (TPSA) is 62.2 Å². The first-order valence-electron chi connectivity index (χ1n) is 6.48. The van der Waals surface area contributed by atoms with Crippen LogP contribution in [0.15, 0.2) is 22.9 Å². The molecule has 0 unspecified atom stereocenters. The number of thiophene rings is 1. The third-order valence-electron chi connectivity index (χ3n) is 2.92. The lowest BCUT2D eigenvalue weighted by Gasteiger charge is -2.13. The summed E-state index contributed by atoms with van der Waals surface area (Å²) in [6.07, 6.45) is 1.10. The number of amides is 1. The molecule has 108 valence electrons. The molecule has 0 saturated heterocycles. The number of aliphatic hydroxyl groups is 1. The summed E-state index contributed by atoms with van der Waals surface area (Å²) in [5.74, 6) is 0.0229. The summed E-state index contributed by atoms with van der Waals surface area (Å²) in [6.45, 7) is 2.50. The fourth-order valence-electron chi connectivity index (χ4n) is 1.89. The third kappa shape index (κ3) is 4.70. The first-order valence-corrected chi connectivity index (χ1v) is 8.24. The number of nitrogens with one attached hydrogen (secondary N) is 1. The molecule has 20 heavy (non-hydrogen) atoms. The van der Waals surface area contributed by atoms with E-state index in [1.165, 1.54) is 4.88 Å². The molecular weight excluding hydrogens is 292 g/mol. The minimum absolute atomic E-state index is 0.0417. The fraction of sp³-hybridized carbons (Fsp3) is 0.429. The Morgan fingerprint density at radius 1 is 1.50 bits per heavy atom. The smallest absolute Gasteiger partial charge is 0.226 e. The quantitative estimate of drug-likeness (QED) is 0.822. The van der Waals surface area contributed by atoms with Crippen LogP contribution in [-0.2, 0) is 17.6 Å². The van der Waals surface area contributed by atoms with Crippen molar-refractivity contribution in [1.29, 1.82) is 0 Å². The number of aliphatic hydroxyl groups excluding tert-OH is 1. The lowest BCUT2D eigenvalue weighted by atomic mass is 10.1. The second-order valence-electron chi connectivity index (χ2n) is 4.67. The van der Waals surface area contributed by atoms with Gasteiger partial charge in [-0.05, 0) is 24.8 Å². The van der Waals surface area contributed by atoms with Crippen LogP contribution in [0.5, 0.6) is 0 Å². The van der Waals surface area contributed by atoms with Gasteiger partial charge in [-0.3, -0.25) is 4.79 Å². The van der Waals surface area contributed by atoms with Crippen molar-refractivity contribution in [3.05, 3.63) is 38.5 Å². The van der Waals surface area contributed by atoms with Crippen molar-refractivity contribution in [2.75, 3.05) is 13.2 Å². The number of carbonyl (C=O) groups excluding carboxylic acids is 1. The molecule has 0 bridgehead atoms. The number of carbonyl (C=O) groups is 1. The fourth-order valence-corrected chi connectivity index (χ4v) is 3.32. The van der Waals surface area contributed by atoms with Crippen LogP contribution in [-0.4, -0.2) is 29.1 Å². The minimum Gasteiger partial charge on any atom is -0.396 e. The van der Waals surface area contributed by atoms with Gasteiger partial charge in [0.1, 0.15) is 0 Å². The Labute approximate surface area is 126 Å². The van der Waals surface area contributed by atoms with Crippen molar-refractivity contribution < 1.29 is 9.90 Å². The predicted molar refractivity (Wildman–Crippen MR) is 82.2 cm³/mol. The highest BCUT2D eigenvalue weighted by Crippen LogP contribution is 2.14. The van der Waals surface area contributed by atoms with E-state index in [9.17, 15) is 9.90 Å². The summed E-state index contributed by atoms with van der Waals surface area (Å²) >= 11 is 3.22. The number of thiazole rings is 1. The molecule has 0 spiro atoms. The molecule has 1 atom stereocenters. The average Bonchev–Trinajstić information content (AvgIpc) is 3.06. The second kappa shape index (κ2) is 7.52. The summed E-state index contributed by atoms with van der Waals surface area (Å²) in [4.78, 5) is 17.3. The van der Waals surface area contributed by atoms with Gasteiger partial charge in [0.25, 0.3) is 0 Å². The van der Waals surface area contributed by atoms with E-state index in [1.54, 1.807) is 22.7 Å². The Hall–Kier alpha value is -1.24. The molecule has 1 amide bonds. The van der Waals surface area contributed by atoms with Crippen molar-refractivity contribution in [1.82, 2.24) is 10.3 Å². The zero-order chi connectivity index (χ0) is 14.4. The van der Waals surface area contributed by atoms with Crippen LogP contribution in [0.4, 0.5) is 0 Å². The van der Waals surface area contributed by atoms with Crippen molar-refractivity contribution in [2.45, 2.75) is 19.8 Å². The maximum absolute atomic E-state index is 11.8. The first kappa shape index (κ1) is 15.2. The number of aryl methyl sites for hydroxylation is 1. The van der Waals surface area contributed by atoms with Gasteiger partial charge in [-0.15, -0.1) is 22.7 Å². The van der Waals surface area contributed by atoms with E-state index >= 15 is 0 Å². The van der Waals surface area contributed by atoms with Gasteiger partial charge in [0.15, 0.2) is 0 Å². The van der Waals surface area contributed by atoms with Gasteiger partial charge >= 0.3 is 0 Å². The minimum atomic E-state index is -0.0417. The summed E-state index contributed by atoms with van der Waals surface area (Å²) in [7, 11) is 0. The van der Waals surface area contributed by atoms with Crippen LogP contribution in [0.25, 0.3) is 0 Å². The van der Waals surface area contributed by atoms with Crippen LogP contribution in [0.2, 0.25) is 0 Å². The normalized spacial score (nSPS) is 12.3. The Morgan fingerprint density at radius 3 is 2.95 bits per heavy atom. The highest BCUT2D eigenvalue weighted by atomic mass is 32.1. The van der Waals surface area contributed by atoms with Gasteiger partial charge in [-0.1, -0.05) is 6.07 Å². The van der Waals surface area contributed by atoms with Crippen molar-refractivity contribution in [3.63, 3.8) is 0 Å². The van der Waals surface area contributed by atoms with Gasteiger partial charge in [0.05, 0.1) is 17.1 Å². The zero-order valence-corrected chi connectivity index (χ0v) is 13.0. The number of aromatic nitrogens is 1. The SMILES string of the molecule is Cc1nc(CC(=O)NC[C@@H](CO)Cc2cccs2)cs1. The lowest BCUT2D eigenvalue weighted by molar-refractivity contribution is -0.120. The molecule has 0 radical (unpaired) electrons. The van der Waals surface area contributed by atoms with Gasteiger partial charge in [0, 0.05) is 29.3 Å². The highest BCUT2D eigenvalue weighted by molar-refractivity contribution is 7.10. The van der Waals surface area contributed by atoms with Gasteiger partial charge in [0.2, 0.25) is 5.91 Å². The van der Waals surface area contributed by atoms with Crippen LogP contribution >= 0.6 is 22.7 Å². The zero-order valence-electron chi connectivity index (χ0n) is 11.3. The van der Waals surface area contributed by atoms with Crippen molar-refractivity contribution in [2.24, 2.45) is 5.92 Å². The van der Waals surface area contributed by atoms with E-state index in [2.05, 4.69) is 10.3 Å². The maximum Gasteiger partial charge on any atom is 0.226 e. The third-order valence-corrected chi connectivity index (χ3v) is 4.65. The van der Waals surface area contributed by atoms with E-state index < -0.39 is 0 Å². The number of nitrogens with zero attached hydrogens (tertiary/aromatic N) is 1. The molecule has 2 heterocycles. The Bertz CT molecular complexity index is 537. The van der Waals surface area contributed by atoms with E-state index in [0.717, 1.165) is 17.1 Å². The molecule has 0 fully saturated rings. The maximum atomic E-state index is 11.8. The summed E-state index contributed by atoms with van der Waals surface area (Å²) in [6, 6.07) is 4.05. The van der Waals surface area contributed by atoms with Crippen molar-refractivity contribution in [3.8, 4) is 0 Å². The first-order chi connectivity index (χ1) is 9.67. The lowest BCUT2D eigenvalue weighted by Crippen LogP contribution is -2.32. The van der Waals surface area contributed by atoms with E-state index in [-0.39, 0.29) is 18.4 Å². The molecule has 0 aliphatic rings. The molecule has 2 aromatic heterocycles. The van der Waals surface area contributed by atoms with Gasteiger partial charge in [-0.2, -0.15) is 0 Å². The molecule has 0 aromatic carbocycles. The average molecular weight is 310 g/mol. The van der Waals surface area contributed by atoms with Gasteiger partial charge in [-0.25, -0.2) is 4.98 Å². The van der Waals surface area contributed by atoms with E-state index in [1.807, 2.05) is 29.8 Å². The number of hydrogen-bond acceptors (Lipinski definition) is 5. The number of rotatable bonds is 7. The van der Waals surface area contributed by atoms with Crippen LogP contribution in [0.1, 0.15) is 15.6 Å². The monoisotopic (exact) mass is 310 g/mol. The molecule has 2 rings (SSSR count). The largest absolute Gasteiger partial charge is 0.396 e. The van der Waals surface area contributed by atoms with Crippen molar-refractivity contribution >= 4 is 28.6 Å². The molecule has 2 aromatic rings. The summed E-state index contributed by atoms with van der Waals surface area (Å²) < 4.78 is 0. The molecule has 4 nitrogen and oxygen atoms in total. The Kier molecular flexibility index (Phi) is 5.70. The second-order valence-corrected chi connectivity index (χ2v) is 6.77. The predicted octanol–water partition coefficient (Wildman–Crippen LogP) is 2.02. The Morgan fingerprint density at radius 2 is 2.35 bits per heavy atom. The van der Waals surface area contributed by atoms with Crippen LogP contribution in [0, 0.1) is 12.8 Å². The molecule has 2 N–H and O–H groups in total. The molecular formula is C14H18N2O2S2. The van der Waals surface area contributed by atoms with E-state index in [4.69, 9.17) is 0 Å². The molecule has 0 saturated carbocycles. The van der Waals surface area contributed by atoms with Crippen LogP contribution < -0.4 is 5.32 Å². The molecule has 6 heteroatoms. The Balaban J connectivity index is 1.76. The summed E-state index contributed by atoms with van der Waals surface area (Å²) in [5, 5.41) is 17.1. The summed E-state index contributed by atoms with van der Waals surface area (Å²) in [5.41, 5.74) is 0.809. The van der Waals surface area contributed by atoms with Crippen LogP contribution in [0.3, 0.4) is 0 Å². The van der Waals surface area contributed by atoms with Gasteiger partial charge < -0.3 is 10.4 Å². The highest BCUT2D eigenvalue weighted by Gasteiger charge is 2.12. The number of hydrogen-bond donors (Lipinski definition) is 2. The van der Waals surface area contributed by atoms with E-state index in [0.29, 0.717) is 13.0 Å². The molecule has 0 aliphatic heterocycles.